The van der Waals surface area contributed by atoms with Crippen LogP contribution in [0.3, 0.4) is 0 Å². The highest BCUT2D eigenvalue weighted by Crippen LogP contribution is 2.32. The Balaban J connectivity index is 1.63. The largest absolute Gasteiger partial charge is 0.464 e. The lowest BCUT2D eigenvalue weighted by atomic mass is 9.93. The highest BCUT2D eigenvalue weighted by molar-refractivity contribution is 6.04. The molecule has 33 heavy (non-hydrogen) atoms. The normalized spacial score (nSPS) is 17.9. The summed E-state index contributed by atoms with van der Waals surface area (Å²) in [7, 11) is 0. The summed E-state index contributed by atoms with van der Waals surface area (Å²) in [6.45, 7) is 0.423. The Morgan fingerprint density at radius 1 is 1.15 bits per heavy atom. The van der Waals surface area contributed by atoms with E-state index in [0.29, 0.717) is 53.8 Å². The summed E-state index contributed by atoms with van der Waals surface area (Å²) in [6, 6.07) is 13.9. The van der Waals surface area contributed by atoms with Crippen molar-refractivity contribution in [2.24, 2.45) is 0 Å². The van der Waals surface area contributed by atoms with Crippen LogP contribution < -0.4 is 16.5 Å². The second-order valence-electron chi connectivity index (χ2n) is 7.78. The second kappa shape index (κ2) is 10.3. The highest BCUT2D eigenvalue weighted by atomic mass is 16.7. The van der Waals surface area contributed by atoms with Gasteiger partial charge in [-0.2, -0.15) is 0 Å². The summed E-state index contributed by atoms with van der Waals surface area (Å²) in [5, 5.41) is 12.2. The third-order valence-electron chi connectivity index (χ3n) is 5.45. The molecule has 8 nitrogen and oxygen atoms in total. The van der Waals surface area contributed by atoms with E-state index in [1.54, 1.807) is 54.6 Å². The molecular weight excluding hydrogens is 424 g/mol. The summed E-state index contributed by atoms with van der Waals surface area (Å²) in [5.41, 5.74) is 7.57. The van der Waals surface area contributed by atoms with E-state index in [9.17, 15) is 9.59 Å². The van der Waals surface area contributed by atoms with Gasteiger partial charge in [0.25, 0.3) is 5.91 Å². The van der Waals surface area contributed by atoms with Gasteiger partial charge in [-0.1, -0.05) is 24.3 Å². The number of aliphatic hydroxyl groups is 1. The van der Waals surface area contributed by atoms with Gasteiger partial charge in [-0.05, 0) is 43.2 Å². The number of nitrogen functional groups attached to an aromatic ring is 1. The Bertz CT molecular complexity index is 1220. The number of aliphatic hydroxyl groups excluding tert-OH is 1. The molecule has 0 aliphatic carbocycles. The number of rotatable bonds is 8. The number of benzene rings is 2. The number of ether oxygens (including phenoxy) is 2. The molecule has 172 valence electrons. The second-order valence-corrected chi connectivity index (χ2v) is 7.78. The number of carbonyl (C=O) groups excluding carboxylic acids is 1. The molecule has 0 saturated heterocycles. The van der Waals surface area contributed by atoms with Crippen LogP contribution >= 0.6 is 0 Å². The number of nitrogens with two attached hydrogens (primary N) is 1. The molecule has 0 bridgehead atoms. The number of allylic oxidation sites excluding steroid dienone is 1. The van der Waals surface area contributed by atoms with E-state index in [1.807, 2.05) is 0 Å². The first-order chi connectivity index (χ1) is 16.1. The average molecular weight is 450 g/mol. The van der Waals surface area contributed by atoms with Crippen molar-refractivity contribution >= 4 is 28.3 Å². The topological polar surface area (TPSA) is 124 Å². The van der Waals surface area contributed by atoms with Crippen LogP contribution in [0.15, 0.2) is 75.8 Å². The van der Waals surface area contributed by atoms with Crippen LogP contribution in [0.5, 0.6) is 0 Å². The molecule has 2 atom stereocenters. The van der Waals surface area contributed by atoms with Gasteiger partial charge in [-0.15, -0.1) is 0 Å². The molecule has 1 aliphatic heterocycles. The molecule has 0 unspecified atom stereocenters. The van der Waals surface area contributed by atoms with Crippen molar-refractivity contribution in [1.82, 2.24) is 0 Å². The Morgan fingerprint density at radius 2 is 1.94 bits per heavy atom. The minimum atomic E-state index is -0.738. The lowest BCUT2D eigenvalue weighted by molar-refractivity contribution is -0.143. The predicted octanol–water partition coefficient (Wildman–Crippen LogP) is 3.52. The summed E-state index contributed by atoms with van der Waals surface area (Å²) in [6.07, 6.45) is 3.89. The van der Waals surface area contributed by atoms with Crippen LogP contribution in [0.2, 0.25) is 0 Å². The van der Waals surface area contributed by atoms with E-state index in [2.05, 4.69) is 5.32 Å². The molecule has 0 fully saturated rings. The smallest absolute Gasteiger partial charge is 0.290 e. The number of carbonyl (C=O) groups is 1. The zero-order valence-electron chi connectivity index (χ0n) is 18.0. The van der Waals surface area contributed by atoms with Crippen LogP contribution in [-0.4, -0.2) is 30.5 Å². The molecule has 4 rings (SSSR count). The molecular formula is C25H26N2O6. The molecule has 0 saturated carbocycles. The van der Waals surface area contributed by atoms with Gasteiger partial charge in [0.2, 0.25) is 6.29 Å². The molecule has 0 radical (unpaired) electrons. The standard InChI is InChI=1S/C25H26N2O6/c26-19-8-2-3-9-20(19)27-25(30)22-13-16(14-23(33-22)31-12-6-5-11-28)18-15-32-21-10-4-1-7-17(21)24(18)29/h1-4,7-10,13,15-16,23,28H,5-6,11-12,14,26H2,(H,27,30)/t16-,23+/m0/s1. The Kier molecular flexibility index (Phi) is 7.07. The number of fused-ring (bicyclic) bond motifs is 1. The molecule has 0 spiro atoms. The molecule has 1 aromatic heterocycles. The van der Waals surface area contributed by atoms with Gasteiger partial charge in [-0.25, -0.2) is 0 Å². The number of hydrogen-bond acceptors (Lipinski definition) is 7. The number of hydrogen-bond donors (Lipinski definition) is 3. The van der Waals surface area contributed by atoms with Crippen LogP contribution in [0.1, 0.15) is 30.7 Å². The highest BCUT2D eigenvalue weighted by Gasteiger charge is 2.31. The minimum absolute atomic E-state index is 0.0363. The number of amides is 1. The molecule has 1 amide bonds. The quantitative estimate of drug-likeness (QED) is 0.354. The first-order valence-corrected chi connectivity index (χ1v) is 10.8. The van der Waals surface area contributed by atoms with Crippen LogP contribution in [-0.2, 0) is 14.3 Å². The van der Waals surface area contributed by atoms with Gasteiger partial charge >= 0.3 is 0 Å². The fourth-order valence-electron chi connectivity index (χ4n) is 3.71. The maximum atomic E-state index is 13.1. The average Bonchev–Trinajstić information content (AvgIpc) is 2.83. The molecule has 3 aromatic rings. The third kappa shape index (κ3) is 5.24. The van der Waals surface area contributed by atoms with Gasteiger partial charge in [-0.3, -0.25) is 9.59 Å². The lowest BCUT2D eigenvalue weighted by Gasteiger charge is -2.29. The van der Waals surface area contributed by atoms with Crippen LogP contribution in [0, 0.1) is 0 Å². The van der Waals surface area contributed by atoms with Crippen molar-refractivity contribution in [2.75, 3.05) is 24.3 Å². The van der Waals surface area contributed by atoms with Crippen molar-refractivity contribution in [3.63, 3.8) is 0 Å². The fourth-order valence-corrected chi connectivity index (χ4v) is 3.71. The van der Waals surface area contributed by atoms with E-state index < -0.39 is 18.1 Å². The van der Waals surface area contributed by atoms with Crippen molar-refractivity contribution in [3.05, 3.63) is 82.4 Å². The minimum Gasteiger partial charge on any atom is -0.464 e. The van der Waals surface area contributed by atoms with Crippen LogP contribution in [0.25, 0.3) is 11.0 Å². The van der Waals surface area contributed by atoms with E-state index in [0.717, 1.165) is 0 Å². The molecule has 1 aliphatic rings. The SMILES string of the molecule is Nc1ccccc1NC(=O)C1=C[C@H](c2coc3ccccc3c2=O)C[C@H](OCCCCO)O1. The number of unbranched alkanes of at least 4 members (excludes halogenated alkanes) is 1. The van der Waals surface area contributed by atoms with Crippen molar-refractivity contribution in [3.8, 4) is 0 Å². The van der Waals surface area contributed by atoms with Gasteiger partial charge in [0.1, 0.15) is 5.58 Å². The van der Waals surface area contributed by atoms with Gasteiger partial charge in [0.15, 0.2) is 11.2 Å². The Morgan fingerprint density at radius 3 is 2.76 bits per heavy atom. The van der Waals surface area contributed by atoms with Crippen molar-refractivity contribution < 1.29 is 23.8 Å². The summed E-state index contributed by atoms with van der Waals surface area (Å²) in [4.78, 5) is 26.1. The maximum Gasteiger partial charge on any atom is 0.290 e. The van der Waals surface area contributed by atoms with E-state index in [-0.39, 0.29) is 17.8 Å². The number of para-hydroxylation sites is 3. The number of nitrogens with one attached hydrogen (secondary N) is 1. The first-order valence-electron chi connectivity index (χ1n) is 10.8. The van der Waals surface area contributed by atoms with E-state index in [4.69, 9.17) is 24.7 Å². The van der Waals surface area contributed by atoms with Gasteiger partial charge in [0, 0.05) is 24.5 Å². The zero-order chi connectivity index (χ0) is 23.2. The first kappa shape index (κ1) is 22.6. The van der Waals surface area contributed by atoms with Crippen molar-refractivity contribution in [1.29, 1.82) is 0 Å². The predicted molar refractivity (Wildman–Crippen MR) is 125 cm³/mol. The van der Waals surface area contributed by atoms with Crippen LogP contribution in [0.4, 0.5) is 11.4 Å². The van der Waals surface area contributed by atoms with Gasteiger partial charge < -0.3 is 30.0 Å². The monoisotopic (exact) mass is 450 g/mol. The third-order valence-corrected chi connectivity index (χ3v) is 5.45. The Labute approximate surface area is 190 Å². The summed E-state index contributed by atoms with van der Waals surface area (Å²) in [5.74, 6) is -0.905. The summed E-state index contributed by atoms with van der Waals surface area (Å²) >= 11 is 0. The van der Waals surface area contributed by atoms with Crippen molar-refractivity contribution in [2.45, 2.75) is 31.5 Å². The zero-order valence-corrected chi connectivity index (χ0v) is 18.0. The summed E-state index contributed by atoms with van der Waals surface area (Å²) < 4.78 is 17.3. The number of anilines is 2. The Hall–Kier alpha value is -3.62. The molecule has 2 heterocycles. The van der Waals surface area contributed by atoms with Gasteiger partial charge in [0.05, 0.1) is 29.6 Å². The van der Waals surface area contributed by atoms with E-state index >= 15 is 0 Å². The lowest BCUT2D eigenvalue weighted by Crippen LogP contribution is -2.31. The fraction of sp³-hybridized carbons (Fsp3) is 0.280. The molecule has 4 N–H and O–H groups in total. The van der Waals surface area contributed by atoms with E-state index in [1.165, 1.54) is 6.26 Å². The maximum absolute atomic E-state index is 13.1. The molecule has 8 heteroatoms. The molecule has 2 aromatic carbocycles.